The van der Waals surface area contributed by atoms with Gasteiger partial charge >= 0.3 is 0 Å². The summed E-state index contributed by atoms with van der Waals surface area (Å²) in [6, 6.07) is 0. The Hall–Kier alpha value is -0.980. The lowest BCUT2D eigenvalue weighted by Crippen LogP contribution is -2.34. The van der Waals surface area contributed by atoms with Gasteiger partial charge in [0.2, 0.25) is 0 Å². The van der Waals surface area contributed by atoms with Gasteiger partial charge in [-0.25, -0.2) is 0 Å². The summed E-state index contributed by atoms with van der Waals surface area (Å²) in [5, 5.41) is 29.1. The van der Waals surface area contributed by atoms with Crippen LogP contribution in [0.5, 0.6) is 0 Å². The monoisotopic (exact) mass is 228 g/mol. The number of nitrogens with one attached hydrogen (secondary N) is 1. The van der Waals surface area contributed by atoms with Gasteiger partial charge in [0.25, 0.3) is 0 Å². The van der Waals surface area contributed by atoms with E-state index >= 15 is 0 Å². The predicted octanol–water partition coefficient (Wildman–Crippen LogP) is -0.479. The molecule has 0 fully saturated rings. The molecule has 0 aliphatic heterocycles. The van der Waals surface area contributed by atoms with Crippen LogP contribution < -0.4 is 5.32 Å². The molecule has 0 saturated carbocycles. The van der Waals surface area contributed by atoms with Crippen LogP contribution in [0.4, 0.5) is 0 Å². The summed E-state index contributed by atoms with van der Waals surface area (Å²) >= 11 is 0. The molecule has 0 unspecified atom stereocenters. The van der Waals surface area contributed by atoms with E-state index in [4.69, 9.17) is 5.11 Å². The van der Waals surface area contributed by atoms with Crippen molar-refractivity contribution in [1.82, 2.24) is 20.3 Å². The second-order valence-corrected chi connectivity index (χ2v) is 4.47. The molecule has 0 saturated heterocycles. The number of hydrogen-bond donors (Lipinski definition) is 3. The molecule has 3 N–H and O–H groups in total. The molecule has 6 heteroatoms. The van der Waals surface area contributed by atoms with Gasteiger partial charge in [-0.1, -0.05) is 5.21 Å². The molecule has 1 rings (SSSR count). The van der Waals surface area contributed by atoms with Crippen LogP contribution in [0.25, 0.3) is 0 Å². The number of nitrogens with zero attached hydrogens (tertiary/aromatic N) is 3. The summed E-state index contributed by atoms with van der Waals surface area (Å²) in [6.45, 7) is 5.43. The number of aromatic nitrogens is 3. The summed E-state index contributed by atoms with van der Waals surface area (Å²) in [4.78, 5) is 0. The molecule has 1 aromatic rings. The van der Waals surface area contributed by atoms with E-state index in [0.717, 1.165) is 5.69 Å². The van der Waals surface area contributed by atoms with Crippen molar-refractivity contribution in [3.8, 4) is 0 Å². The molecular formula is C10H20N4O2. The van der Waals surface area contributed by atoms with Crippen molar-refractivity contribution >= 4 is 0 Å². The highest BCUT2D eigenvalue weighted by Gasteiger charge is 2.11. The van der Waals surface area contributed by atoms with E-state index in [1.54, 1.807) is 18.5 Å². The van der Waals surface area contributed by atoms with Gasteiger partial charge in [0.05, 0.1) is 11.3 Å². The quantitative estimate of drug-likeness (QED) is 0.587. The van der Waals surface area contributed by atoms with E-state index in [1.807, 2.05) is 6.20 Å². The first-order chi connectivity index (χ1) is 7.51. The van der Waals surface area contributed by atoms with Crippen LogP contribution in [0.2, 0.25) is 0 Å². The molecule has 16 heavy (non-hydrogen) atoms. The smallest absolute Gasteiger partial charge is 0.0964 e. The highest BCUT2D eigenvalue weighted by molar-refractivity contribution is 4.91. The lowest BCUT2D eigenvalue weighted by atomic mass is 10.1. The van der Waals surface area contributed by atoms with Crippen molar-refractivity contribution in [2.45, 2.75) is 39.0 Å². The molecule has 0 aliphatic rings. The summed E-state index contributed by atoms with van der Waals surface area (Å²) in [5.41, 5.74) is 0.120. The molecule has 0 amide bonds. The second-order valence-electron chi connectivity index (χ2n) is 4.47. The Bertz CT molecular complexity index is 306. The fraction of sp³-hybridized carbons (Fsp3) is 0.800. The van der Waals surface area contributed by atoms with Crippen molar-refractivity contribution < 1.29 is 10.2 Å². The maximum atomic E-state index is 9.49. The van der Waals surface area contributed by atoms with Gasteiger partial charge in [0.1, 0.15) is 0 Å². The zero-order valence-electron chi connectivity index (χ0n) is 9.85. The van der Waals surface area contributed by atoms with Gasteiger partial charge in [0, 0.05) is 32.4 Å². The Balaban J connectivity index is 2.29. The largest absolute Gasteiger partial charge is 0.396 e. The van der Waals surface area contributed by atoms with Gasteiger partial charge in [-0.2, -0.15) is 0 Å². The third-order valence-electron chi connectivity index (χ3n) is 2.00. The molecule has 92 valence electrons. The molecule has 0 atom stereocenters. The van der Waals surface area contributed by atoms with Crippen molar-refractivity contribution in [2.24, 2.45) is 0 Å². The average molecular weight is 228 g/mol. The lowest BCUT2D eigenvalue weighted by Gasteiger charge is -2.16. The lowest BCUT2D eigenvalue weighted by molar-refractivity contribution is 0.0794. The van der Waals surface area contributed by atoms with E-state index in [0.29, 0.717) is 26.1 Å². The Morgan fingerprint density at radius 2 is 2.25 bits per heavy atom. The third kappa shape index (κ3) is 5.20. The van der Waals surface area contributed by atoms with Crippen LogP contribution in [-0.2, 0) is 13.1 Å². The van der Waals surface area contributed by atoms with Gasteiger partial charge in [0.15, 0.2) is 0 Å². The standard InChI is InChI=1S/C10H20N4O2/c1-10(2,16)8-11-6-9-7-14(13-12-9)4-3-5-15/h7,11,15-16H,3-6,8H2,1-2H3. The van der Waals surface area contributed by atoms with E-state index in [2.05, 4.69) is 15.6 Å². The highest BCUT2D eigenvalue weighted by atomic mass is 16.3. The van der Waals surface area contributed by atoms with Crippen molar-refractivity contribution in [3.05, 3.63) is 11.9 Å². The predicted molar refractivity (Wildman–Crippen MR) is 59.7 cm³/mol. The summed E-state index contributed by atoms with van der Waals surface area (Å²) in [7, 11) is 0. The van der Waals surface area contributed by atoms with Crippen LogP contribution >= 0.6 is 0 Å². The Morgan fingerprint density at radius 1 is 1.50 bits per heavy atom. The third-order valence-corrected chi connectivity index (χ3v) is 2.00. The van der Waals surface area contributed by atoms with Gasteiger partial charge in [-0.15, -0.1) is 5.10 Å². The van der Waals surface area contributed by atoms with Crippen molar-refractivity contribution in [3.63, 3.8) is 0 Å². The van der Waals surface area contributed by atoms with Crippen molar-refractivity contribution in [2.75, 3.05) is 13.2 Å². The first-order valence-electron chi connectivity index (χ1n) is 5.44. The molecule has 0 aromatic carbocycles. The van der Waals surface area contributed by atoms with Crippen LogP contribution in [0.15, 0.2) is 6.20 Å². The van der Waals surface area contributed by atoms with Crippen LogP contribution in [0, 0.1) is 0 Å². The first-order valence-corrected chi connectivity index (χ1v) is 5.44. The highest BCUT2D eigenvalue weighted by Crippen LogP contribution is 1.99. The molecule has 1 heterocycles. The minimum Gasteiger partial charge on any atom is -0.396 e. The van der Waals surface area contributed by atoms with E-state index in [1.165, 1.54) is 0 Å². The minimum absolute atomic E-state index is 0.159. The molecule has 0 radical (unpaired) electrons. The normalized spacial score (nSPS) is 12.0. The molecular weight excluding hydrogens is 208 g/mol. The minimum atomic E-state index is -0.715. The maximum Gasteiger partial charge on any atom is 0.0964 e. The maximum absolute atomic E-state index is 9.49. The van der Waals surface area contributed by atoms with E-state index in [9.17, 15) is 5.11 Å². The zero-order chi connectivity index (χ0) is 12.0. The number of aliphatic hydroxyl groups excluding tert-OH is 1. The zero-order valence-corrected chi connectivity index (χ0v) is 9.85. The van der Waals surface area contributed by atoms with E-state index < -0.39 is 5.60 Å². The molecule has 0 aliphatic carbocycles. The van der Waals surface area contributed by atoms with E-state index in [-0.39, 0.29) is 6.61 Å². The van der Waals surface area contributed by atoms with Crippen LogP contribution in [0.3, 0.4) is 0 Å². The van der Waals surface area contributed by atoms with Crippen LogP contribution in [-0.4, -0.2) is 44.0 Å². The number of rotatable bonds is 7. The van der Waals surface area contributed by atoms with Gasteiger partial charge in [-0.3, -0.25) is 4.68 Å². The Kier molecular flexibility index (Phi) is 4.85. The summed E-state index contributed by atoms with van der Waals surface area (Å²) in [6.07, 6.45) is 2.52. The van der Waals surface area contributed by atoms with Crippen LogP contribution in [0.1, 0.15) is 26.0 Å². The second kappa shape index (κ2) is 5.93. The molecule has 0 bridgehead atoms. The molecule has 6 nitrogen and oxygen atoms in total. The fourth-order valence-corrected chi connectivity index (χ4v) is 1.26. The topological polar surface area (TPSA) is 83.2 Å². The number of aliphatic hydroxyl groups is 2. The van der Waals surface area contributed by atoms with Crippen molar-refractivity contribution in [1.29, 1.82) is 0 Å². The Labute approximate surface area is 95.3 Å². The number of hydrogen-bond acceptors (Lipinski definition) is 5. The first kappa shape index (κ1) is 13.1. The molecule has 0 spiro atoms. The number of aryl methyl sites for hydroxylation is 1. The SMILES string of the molecule is CC(C)(O)CNCc1cn(CCCO)nn1. The Morgan fingerprint density at radius 3 is 2.88 bits per heavy atom. The summed E-state index contributed by atoms with van der Waals surface area (Å²) in [5.74, 6) is 0. The fourth-order valence-electron chi connectivity index (χ4n) is 1.26. The summed E-state index contributed by atoms with van der Waals surface area (Å²) < 4.78 is 1.71. The van der Waals surface area contributed by atoms with Gasteiger partial charge in [-0.05, 0) is 20.3 Å². The van der Waals surface area contributed by atoms with Gasteiger partial charge < -0.3 is 15.5 Å². The molecule has 1 aromatic heterocycles. The average Bonchev–Trinajstić information content (AvgIpc) is 2.61.